The topological polar surface area (TPSA) is 33.1 Å². The summed E-state index contributed by atoms with van der Waals surface area (Å²) in [6.07, 6.45) is 0. The van der Waals surface area contributed by atoms with Gasteiger partial charge in [-0.25, -0.2) is 9.07 Å². The molecule has 0 unspecified atom stereocenters. The van der Waals surface area contributed by atoms with Gasteiger partial charge < -0.3 is 5.32 Å². The molecule has 0 spiro atoms. The highest BCUT2D eigenvalue weighted by Gasteiger charge is 2.20. The molecule has 1 aliphatic rings. The van der Waals surface area contributed by atoms with Crippen LogP contribution >= 0.6 is 12.4 Å². The minimum Gasteiger partial charge on any atom is -0.312 e. The Balaban J connectivity index is 0.00000192. The Kier molecular flexibility index (Phi) is 5.79. The van der Waals surface area contributed by atoms with Gasteiger partial charge in [0.05, 0.1) is 11.4 Å². The first kappa shape index (κ1) is 17.9. The molecule has 0 radical (unpaired) electrons. The van der Waals surface area contributed by atoms with Crippen molar-refractivity contribution in [1.82, 2.24) is 20.0 Å². The molecule has 2 aromatic rings. The molecular formula is C17H24ClFN4. The Hall–Kier alpha value is -1.43. The lowest BCUT2D eigenvalue weighted by Crippen LogP contribution is -2.48. The van der Waals surface area contributed by atoms with Crippen molar-refractivity contribution < 1.29 is 4.39 Å². The van der Waals surface area contributed by atoms with E-state index >= 15 is 0 Å². The molecule has 0 aliphatic carbocycles. The number of nitrogens with one attached hydrogen (secondary N) is 1. The van der Waals surface area contributed by atoms with E-state index in [4.69, 9.17) is 0 Å². The molecule has 1 aromatic heterocycles. The lowest BCUT2D eigenvalue weighted by Gasteiger charge is -2.31. The minimum absolute atomic E-state index is 0. The maximum Gasteiger partial charge on any atom is 0.123 e. The zero-order valence-electron chi connectivity index (χ0n) is 13.8. The number of halogens is 2. The molecule has 1 aromatic carbocycles. The van der Waals surface area contributed by atoms with Crippen LogP contribution in [0.4, 0.5) is 4.39 Å². The molecular weight excluding hydrogens is 315 g/mol. The Morgan fingerprint density at radius 2 is 1.96 bits per heavy atom. The van der Waals surface area contributed by atoms with Crippen LogP contribution in [-0.2, 0) is 6.54 Å². The predicted octanol–water partition coefficient (Wildman–Crippen LogP) is 2.84. The average Bonchev–Trinajstić information content (AvgIpc) is 2.76. The quantitative estimate of drug-likeness (QED) is 0.934. The zero-order chi connectivity index (χ0) is 15.7. The largest absolute Gasteiger partial charge is 0.312 e. The SMILES string of the molecule is Cc1nn(-c2ccc(F)cc2)c(C)c1CN1CCN[C@H](C)C1.Cl. The minimum atomic E-state index is -0.222. The molecule has 1 atom stereocenters. The number of piperazine rings is 1. The summed E-state index contributed by atoms with van der Waals surface area (Å²) in [5.74, 6) is -0.222. The fraction of sp³-hybridized carbons (Fsp3) is 0.471. The van der Waals surface area contributed by atoms with Gasteiger partial charge in [-0.3, -0.25) is 4.90 Å². The third kappa shape index (κ3) is 3.91. The molecule has 0 saturated carbocycles. The van der Waals surface area contributed by atoms with Crippen LogP contribution in [-0.4, -0.2) is 40.4 Å². The number of benzene rings is 1. The first-order valence-corrected chi connectivity index (χ1v) is 7.81. The standard InChI is InChI=1S/C17H23FN4.ClH/c1-12-10-21(9-8-19-12)11-17-13(2)20-22(14(17)3)16-6-4-15(18)5-7-16;/h4-7,12,19H,8-11H2,1-3H3;1H/t12-;/m1./s1. The van der Waals surface area contributed by atoms with Gasteiger partial charge in [-0.2, -0.15) is 5.10 Å². The summed E-state index contributed by atoms with van der Waals surface area (Å²) in [5.41, 5.74) is 4.36. The van der Waals surface area contributed by atoms with Crippen molar-refractivity contribution in [2.75, 3.05) is 19.6 Å². The molecule has 1 saturated heterocycles. The molecule has 1 N–H and O–H groups in total. The summed E-state index contributed by atoms with van der Waals surface area (Å²) < 4.78 is 15.0. The van der Waals surface area contributed by atoms with Gasteiger partial charge in [-0.05, 0) is 45.0 Å². The summed E-state index contributed by atoms with van der Waals surface area (Å²) in [6.45, 7) is 10.4. The molecule has 6 heteroatoms. The van der Waals surface area contributed by atoms with Gasteiger partial charge in [0.2, 0.25) is 0 Å². The van der Waals surface area contributed by atoms with Crippen molar-refractivity contribution in [2.24, 2.45) is 0 Å². The van der Waals surface area contributed by atoms with Crippen molar-refractivity contribution in [3.05, 3.63) is 47.0 Å². The lowest BCUT2D eigenvalue weighted by molar-refractivity contribution is 0.199. The van der Waals surface area contributed by atoms with Crippen LogP contribution in [0.5, 0.6) is 0 Å². The highest BCUT2D eigenvalue weighted by atomic mass is 35.5. The highest BCUT2D eigenvalue weighted by molar-refractivity contribution is 5.85. The van der Waals surface area contributed by atoms with E-state index in [9.17, 15) is 4.39 Å². The summed E-state index contributed by atoms with van der Waals surface area (Å²) in [4.78, 5) is 2.47. The number of aromatic nitrogens is 2. The lowest BCUT2D eigenvalue weighted by atomic mass is 10.1. The Morgan fingerprint density at radius 1 is 1.26 bits per heavy atom. The van der Waals surface area contributed by atoms with Crippen molar-refractivity contribution in [3.8, 4) is 5.69 Å². The first-order valence-electron chi connectivity index (χ1n) is 7.81. The average molecular weight is 339 g/mol. The van der Waals surface area contributed by atoms with E-state index < -0.39 is 0 Å². The number of nitrogens with zero attached hydrogens (tertiary/aromatic N) is 3. The van der Waals surface area contributed by atoms with E-state index in [1.165, 1.54) is 17.7 Å². The number of hydrogen-bond donors (Lipinski definition) is 1. The molecule has 0 amide bonds. The van der Waals surface area contributed by atoms with Crippen LogP contribution in [0.1, 0.15) is 23.9 Å². The van der Waals surface area contributed by atoms with E-state index in [0.29, 0.717) is 6.04 Å². The molecule has 3 rings (SSSR count). The number of aryl methyl sites for hydroxylation is 1. The van der Waals surface area contributed by atoms with E-state index in [-0.39, 0.29) is 18.2 Å². The smallest absolute Gasteiger partial charge is 0.123 e. The van der Waals surface area contributed by atoms with E-state index in [1.54, 1.807) is 12.1 Å². The van der Waals surface area contributed by atoms with Gasteiger partial charge in [0, 0.05) is 43.5 Å². The van der Waals surface area contributed by atoms with Crippen LogP contribution in [0.3, 0.4) is 0 Å². The fourth-order valence-electron chi connectivity index (χ4n) is 3.12. The third-order valence-corrected chi connectivity index (χ3v) is 4.35. The van der Waals surface area contributed by atoms with E-state index in [0.717, 1.165) is 43.3 Å². The van der Waals surface area contributed by atoms with Crippen LogP contribution in [0, 0.1) is 19.7 Å². The van der Waals surface area contributed by atoms with Gasteiger partial charge in [0.25, 0.3) is 0 Å². The number of rotatable bonds is 3. The molecule has 1 aliphatic heterocycles. The van der Waals surface area contributed by atoms with Crippen molar-refractivity contribution >= 4 is 12.4 Å². The highest BCUT2D eigenvalue weighted by Crippen LogP contribution is 2.20. The third-order valence-electron chi connectivity index (χ3n) is 4.35. The van der Waals surface area contributed by atoms with Crippen LogP contribution < -0.4 is 5.32 Å². The monoisotopic (exact) mass is 338 g/mol. The van der Waals surface area contributed by atoms with Crippen LogP contribution in [0.25, 0.3) is 5.69 Å². The molecule has 2 heterocycles. The summed E-state index contributed by atoms with van der Waals surface area (Å²) in [7, 11) is 0. The Bertz CT molecular complexity index is 653. The fourth-order valence-corrected chi connectivity index (χ4v) is 3.12. The van der Waals surface area contributed by atoms with Gasteiger partial charge in [0.1, 0.15) is 5.82 Å². The molecule has 0 bridgehead atoms. The molecule has 126 valence electrons. The molecule has 1 fully saturated rings. The Morgan fingerprint density at radius 3 is 2.61 bits per heavy atom. The van der Waals surface area contributed by atoms with Gasteiger partial charge >= 0.3 is 0 Å². The maximum atomic E-state index is 13.1. The van der Waals surface area contributed by atoms with Crippen molar-refractivity contribution in [3.63, 3.8) is 0 Å². The first-order chi connectivity index (χ1) is 10.5. The summed E-state index contributed by atoms with van der Waals surface area (Å²) >= 11 is 0. The summed E-state index contributed by atoms with van der Waals surface area (Å²) in [6, 6.07) is 7.02. The molecule has 23 heavy (non-hydrogen) atoms. The predicted molar refractivity (Wildman–Crippen MR) is 93.0 cm³/mol. The van der Waals surface area contributed by atoms with E-state index in [1.807, 2.05) is 11.6 Å². The zero-order valence-corrected chi connectivity index (χ0v) is 14.7. The van der Waals surface area contributed by atoms with E-state index in [2.05, 4.69) is 29.2 Å². The van der Waals surface area contributed by atoms with Gasteiger partial charge in [-0.15, -0.1) is 12.4 Å². The van der Waals surface area contributed by atoms with Gasteiger partial charge in [-0.1, -0.05) is 0 Å². The summed E-state index contributed by atoms with van der Waals surface area (Å²) in [5, 5.41) is 8.11. The van der Waals surface area contributed by atoms with Gasteiger partial charge in [0.15, 0.2) is 0 Å². The normalized spacial score (nSPS) is 18.7. The molecule has 4 nitrogen and oxygen atoms in total. The number of hydrogen-bond acceptors (Lipinski definition) is 3. The second-order valence-corrected chi connectivity index (χ2v) is 6.13. The van der Waals surface area contributed by atoms with Crippen molar-refractivity contribution in [1.29, 1.82) is 0 Å². The second kappa shape index (κ2) is 7.43. The van der Waals surface area contributed by atoms with Crippen molar-refractivity contribution in [2.45, 2.75) is 33.4 Å². The van der Waals surface area contributed by atoms with Crippen LogP contribution in [0.15, 0.2) is 24.3 Å². The van der Waals surface area contributed by atoms with Crippen LogP contribution in [0.2, 0.25) is 0 Å². The maximum absolute atomic E-state index is 13.1. The second-order valence-electron chi connectivity index (χ2n) is 6.13. The Labute approximate surface area is 143 Å².